The minimum Gasteiger partial charge on any atom is -0.367 e. The molecule has 0 aliphatic carbocycles. The average molecular weight is 307 g/mol. The maximum Gasteiger partial charge on any atom is 0.333 e. The van der Waals surface area contributed by atoms with Crippen LogP contribution in [-0.4, -0.2) is 26.9 Å². The van der Waals surface area contributed by atoms with Gasteiger partial charge in [0.15, 0.2) is 0 Å². The molecular formula is C13H17N5O2S. The molecule has 0 aliphatic heterocycles. The van der Waals surface area contributed by atoms with Crippen molar-refractivity contribution < 1.29 is 4.92 Å². The molecule has 0 aliphatic rings. The molecule has 1 N–H and O–H groups in total. The SMILES string of the molecule is CNc1ncnc(Cc2nc(C(C)(C)C)cs2)c1[N+](=O)[O-]. The van der Waals surface area contributed by atoms with E-state index in [1.165, 1.54) is 17.7 Å². The van der Waals surface area contributed by atoms with Gasteiger partial charge in [-0.3, -0.25) is 10.1 Å². The Balaban J connectivity index is 2.36. The molecule has 0 bridgehead atoms. The lowest BCUT2D eigenvalue weighted by Crippen LogP contribution is -2.11. The van der Waals surface area contributed by atoms with Crippen molar-refractivity contribution in [2.45, 2.75) is 32.6 Å². The van der Waals surface area contributed by atoms with E-state index in [1.807, 2.05) is 5.38 Å². The van der Waals surface area contributed by atoms with Crippen LogP contribution in [-0.2, 0) is 11.8 Å². The molecule has 0 saturated carbocycles. The zero-order valence-electron chi connectivity index (χ0n) is 12.4. The van der Waals surface area contributed by atoms with Crippen molar-refractivity contribution >= 4 is 22.8 Å². The van der Waals surface area contributed by atoms with Gasteiger partial charge in [0.1, 0.15) is 12.0 Å². The first-order valence-corrected chi connectivity index (χ1v) is 7.31. The summed E-state index contributed by atoms with van der Waals surface area (Å²) in [4.78, 5) is 23.2. The first kappa shape index (κ1) is 15.3. The van der Waals surface area contributed by atoms with Crippen LogP contribution in [0, 0.1) is 10.1 Å². The Labute approximate surface area is 126 Å². The van der Waals surface area contributed by atoms with Crippen LogP contribution in [0.3, 0.4) is 0 Å². The summed E-state index contributed by atoms with van der Waals surface area (Å²) in [5, 5.41) is 16.7. The van der Waals surface area contributed by atoms with E-state index in [1.54, 1.807) is 7.05 Å². The quantitative estimate of drug-likeness (QED) is 0.689. The second kappa shape index (κ2) is 5.72. The molecule has 2 rings (SSSR count). The summed E-state index contributed by atoms with van der Waals surface area (Å²) in [6, 6.07) is 0. The fourth-order valence-electron chi connectivity index (χ4n) is 1.80. The second-order valence-corrected chi connectivity index (χ2v) is 6.52. The molecule has 21 heavy (non-hydrogen) atoms. The number of hydrogen-bond acceptors (Lipinski definition) is 7. The summed E-state index contributed by atoms with van der Waals surface area (Å²) in [5.74, 6) is 0.220. The van der Waals surface area contributed by atoms with Gasteiger partial charge in [-0.1, -0.05) is 20.8 Å². The number of rotatable bonds is 4. The number of nitro groups is 1. The standard InChI is InChI=1S/C13H17N5O2S/c1-13(2,3)9-6-21-10(17-9)5-8-11(18(19)20)12(14-4)16-7-15-8/h6-7H,5H2,1-4H3,(H,14,15,16). The fourth-order valence-corrected chi connectivity index (χ4v) is 2.82. The van der Waals surface area contributed by atoms with E-state index in [2.05, 4.69) is 41.0 Å². The van der Waals surface area contributed by atoms with E-state index in [0.29, 0.717) is 12.1 Å². The Morgan fingerprint density at radius 2 is 2.10 bits per heavy atom. The van der Waals surface area contributed by atoms with Crippen molar-refractivity contribution in [3.63, 3.8) is 0 Å². The number of thiazole rings is 1. The van der Waals surface area contributed by atoms with Crippen LogP contribution < -0.4 is 5.32 Å². The topological polar surface area (TPSA) is 93.8 Å². The predicted octanol–water partition coefficient (Wildman–Crippen LogP) is 2.77. The smallest absolute Gasteiger partial charge is 0.333 e. The summed E-state index contributed by atoms with van der Waals surface area (Å²) < 4.78 is 0. The Morgan fingerprint density at radius 1 is 1.38 bits per heavy atom. The third-order valence-corrected chi connectivity index (χ3v) is 3.81. The third kappa shape index (κ3) is 3.33. The normalized spacial score (nSPS) is 11.4. The Bertz CT molecular complexity index is 663. The van der Waals surface area contributed by atoms with Crippen molar-refractivity contribution in [1.29, 1.82) is 0 Å². The van der Waals surface area contributed by atoms with Gasteiger partial charge in [-0.15, -0.1) is 11.3 Å². The Morgan fingerprint density at radius 3 is 2.62 bits per heavy atom. The lowest BCUT2D eigenvalue weighted by atomic mass is 9.93. The lowest BCUT2D eigenvalue weighted by Gasteiger charge is -2.14. The summed E-state index contributed by atoms with van der Waals surface area (Å²) in [6.45, 7) is 6.24. The third-order valence-electron chi connectivity index (χ3n) is 2.96. The highest BCUT2D eigenvalue weighted by Gasteiger charge is 2.24. The van der Waals surface area contributed by atoms with Gasteiger partial charge in [-0.25, -0.2) is 15.0 Å². The van der Waals surface area contributed by atoms with E-state index in [0.717, 1.165) is 10.7 Å². The maximum atomic E-state index is 11.2. The van der Waals surface area contributed by atoms with E-state index >= 15 is 0 Å². The van der Waals surface area contributed by atoms with Crippen molar-refractivity contribution in [3.05, 3.63) is 38.2 Å². The summed E-state index contributed by atoms with van der Waals surface area (Å²) in [7, 11) is 1.60. The summed E-state index contributed by atoms with van der Waals surface area (Å²) >= 11 is 1.49. The predicted molar refractivity (Wildman–Crippen MR) is 81.9 cm³/mol. The number of hydrogen-bond donors (Lipinski definition) is 1. The highest BCUT2D eigenvalue weighted by atomic mass is 32.1. The first-order chi connectivity index (χ1) is 9.82. The molecule has 0 fully saturated rings. The molecule has 2 heterocycles. The molecule has 112 valence electrons. The molecule has 7 nitrogen and oxygen atoms in total. The van der Waals surface area contributed by atoms with Gasteiger partial charge >= 0.3 is 5.69 Å². The van der Waals surface area contributed by atoms with Gasteiger partial charge in [-0.05, 0) is 0 Å². The van der Waals surface area contributed by atoms with E-state index in [9.17, 15) is 10.1 Å². The highest BCUT2D eigenvalue weighted by Crippen LogP contribution is 2.29. The molecule has 0 unspecified atom stereocenters. The lowest BCUT2D eigenvalue weighted by molar-refractivity contribution is -0.385. The van der Waals surface area contributed by atoms with Gasteiger partial charge in [0.05, 0.1) is 15.6 Å². The van der Waals surface area contributed by atoms with Crippen molar-refractivity contribution in [2.75, 3.05) is 12.4 Å². The molecule has 0 amide bonds. The van der Waals surface area contributed by atoms with Gasteiger partial charge in [-0.2, -0.15) is 0 Å². The van der Waals surface area contributed by atoms with Crippen LogP contribution in [0.4, 0.5) is 11.5 Å². The van der Waals surface area contributed by atoms with Gasteiger partial charge < -0.3 is 5.32 Å². The van der Waals surface area contributed by atoms with Crippen LogP contribution in [0.25, 0.3) is 0 Å². The first-order valence-electron chi connectivity index (χ1n) is 6.44. The van der Waals surface area contributed by atoms with E-state index in [-0.39, 0.29) is 16.9 Å². The molecule has 0 saturated heterocycles. The van der Waals surface area contributed by atoms with Crippen molar-refractivity contribution in [2.24, 2.45) is 0 Å². The molecule has 0 aromatic carbocycles. The number of nitrogens with zero attached hydrogens (tertiary/aromatic N) is 4. The minimum absolute atomic E-state index is 0.0392. The largest absolute Gasteiger partial charge is 0.367 e. The summed E-state index contributed by atoms with van der Waals surface area (Å²) in [6.07, 6.45) is 1.65. The van der Waals surface area contributed by atoms with Crippen LogP contribution in [0.2, 0.25) is 0 Å². The number of nitrogens with one attached hydrogen (secondary N) is 1. The van der Waals surface area contributed by atoms with E-state index in [4.69, 9.17) is 0 Å². The molecule has 2 aromatic heterocycles. The van der Waals surface area contributed by atoms with E-state index < -0.39 is 4.92 Å². The number of aromatic nitrogens is 3. The molecule has 0 spiro atoms. The molecule has 0 radical (unpaired) electrons. The maximum absolute atomic E-state index is 11.2. The Kier molecular flexibility index (Phi) is 4.17. The zero-order chi connectivity index (χ0) is 15.6. The molecule has 0 atom stereocenters. The minimum atomic E-state index is -0.459. The molecular weight excluding hydrogens is 290 g/mol. The average Bonchev–Trinajstić information content (AvgIpc) is 2.86. The second-order valence-electron chi connectivity index (χ2n) is 5.58. The summed E-state index contributed by atoms with van der Waals surface area (Å²) in [5.41, 5.74) is 1.22. The zero-order valence-corrected chi connectivity index (χ0v) is 13.2. The van der Waals surface area contributed by atoms with Gasteiger partial charge in [0.2, 0.25) is 5.82 Å². The molecule has 2 aromatic rings. The highest BCUT2D eigenvalue weighted by molar-refractivity contribution is 7.09. The van der Waals surface area contributed by atoms with Gasteiger partial charge in [0, 0.05) is 24.3 Å². The molecule has 8 heteroatoms. The van der Waals surface area contributed by atoms with Crippen LogP contribution in [0.15, 0.2) is 11.7 Å². The van der Waals surface area contributed by atoms with Crippen molar-refractivity contribution in [1.82, 2.24) is 15.0 Å². The van der Waals surface area contributed by atoms with Crippen LogP contribution >= 0.6 is 11.3 Å². The van der Waals surface area contributed by atoms with Gasteiger partial charge in [0.25, 0.3) is 0 Å². The van der Waals surface area contributed by atoms with Crippen molar-refractivity contribution in [3.8, 4) is 0 Å². The van der Waals surface area contributed by atoms with Crippen LogP contribution in [0.5, 0.6) is 0 Å². The monoisotopic (exact) mass is 307 g/mol. The Hall–Kier alpha value is -2.09. The fraction of sp³-hybridized carbons (Fsp3) is 0.462. The van der Waals surface area contributed by atoms with Crippen LogP contribution in [0.1, 0.15) is 37.2 Å². The number of anilines is 1.